The van der Waals surface area contributed by atoms with E-state index in [9.17, 15) is 14.9 Å². The minimum absolute atomic E-state index is 0.0217. The fraction of sp³-hybridized carbons (Fsp3) is 0.533. The van der Waals surface area contributed by atoms with Crippen molar-refractivity contribution in [2.24, 2.45) is 5.92 Å². The molecule has 0 aliphatic heterocycles. The van der Waals surface area contributed by atoms with Crippen LogP contribution < -0.4 is 5.32 Å². The summed E-state index contributed by atoms with van der Waals surface area (Å²) in [4.78, 5) is 22.5. The summed E-state index contributed by atoms with van der Waals surface area (Å²) in [5, 5.41) is 14.0. The average Bonchev–Trinajstić information content (AvgIpc) is 2.37. The third-order valence-corrected chi connectivity index (χ3v) is 3.43. The van der Waals surface area contributed by atoms with Gasteiger partial charge in [0, 0.05) is 17.1 Å². The minimum Gasteiger partial charge on any atom is -0.349 e. The third-order valence-electron chi connectivity index (χ3n) is 3.20. The molecule has 5 nitrogen and oxygen atoms in total. The van der Waals surface area contributed by atoms with Crippen LogP contribution in [0.25, 0.3) is 0 Å². The zero-order valence-electron chi connectivity index (χ0n) is 12.6. The quantitative estimate of drug-likeness (QED) is 0.606. The van der Waals surface area contributed by atoms with Gasteiger partial charge < -0.3 is 5.32 Å². The fourth-order valence-corrected chi connectivity index (χ4v) is 2.22. The van der Waals surface area contributed by atoms with E-state index >= 15 is 0 Å². The standard InChI is InChI=1S/C15H21ClN2O3/c1-10(2)5-4-6-11(3)17-15(19)13-8-7-12(16)9-14(13)18(20)21/h7-11H,4-6H2,1-3H3,(H,17,19). The number of hydrogen-bond acceptors (Lipinski definition) is 3. The number of nitro groups is 1. The summed E-state index contributed by atoms with van der Waals surface area (Å²) in [7, 11) is 0. The van der Waals surface area contributed by atoms with E-state index in [1.807, 2.05) is 6.92 Å². The van der Waals surface area contributed by atoms with Crippen LogP contribution in [-0.4, -0.2) is 16.9 Å². The summed E-state index contributed by atoms with van der Waals surface area (Å²) < 4.78 is 0. The van der Waals surface area contributed by atoms with Crippen LogP contribution in [0.4, 0.5) is 5.69 Å². The second kappa shape index (κ2) is 7.98. The molecule has 1 unspecified atom stereocenters. The van der Waals surface area contributed by atoms with Crippen molar-refractivity contribution in [1.29, 1.82) is 0 Å². The molecule has 1 atom stereocenters. The summed E-state index contributed by atoms with van der Waals surface area (Å²) in [6, 6.07) is 4.04. The molecule has 21 heavy (non-hydrogen) atoms. The van der Waals surface area contributed by atoms with E-state index in [2.05, 4.69) is 19.2 Å². The lowest BCUT2D eigenvalue weighted by atomic mass is 10.0. The number of carbonyl (C=O) groups excluding carboxylic acids is 1. The number of rotatable bonds is 7. The molecule has 1 aromatic rings. The highest BCUT2D eigenvalue weighted by molar-refractivity contribution is 6.31. The highest BCUT2D eigenvalue weighted by atomic mass is 35.5. The number of nitro benzene ring substituents is 1. The number of amides is 1. The predicted octanol–water partition coefficient (Wildman–Crippen LogP) is 4.19. The molecule has 0 saturated heterocycles. The Hall–Kier alpha value is -1.62. The molecule has 116 valence electrons. The van der Waals surface area contributed by atoms with Crippen molar-refractivity contribution in [3.63, 3.8) is 0 Å². The van der Waals surface area contributed by atoms with E-state index in [-0.39, 0.29) is 22.3 Å². The molecule has 0 aliphatic rings. The normalized spacial score (nSPS) is 12.2. The molecule has 1 N–H and O–H groups in total. The minimum atomic E-state index is -0.593. The maximum Gasteiger partial charge on any atom is 0.283 e. The van der Waals surface area contributed by atoms with Gasteiger partial charge in [0.05, 0.1) is 4.92 Å². The van der Waals surface area contributed by atoms with E-state index in [0.29, 0.717) is 5.92 Å². The number of halogens is 1. The molecule has 6 heteroatoms. The van der Waals surface area contributed by atoms with Crippen LogP contribution in [0.5, 0.6) is 0 Å². The molecule has 0 spiro atoms. The van der Waals surface area contributed by atoms with Gasteiger partial charge in [-0.25, -0.2) is 0 Å². The van der Waals surface area contributed by atoms with Gasteiger partial charge in [0.2, 0.25) is 0 Å². The van der Waals surface area contributed by atoms with Crippen molar-refractivity contribution >= 4 is 23.2 Å². The Morgan fingerprint density at radius 3 is 2.57 bits per heavy atom. The Balaban J connectivity index is 2.69. The van der Waals surface area contributed by atoms with Crippen LogP contribution in [0.3, 0.4) is 0 Å². The first-order chi connectivity index (χ1) is 9.81. The van der Waals surface area contributed by atoms with Crippen molar-refractivity contribution in [1.82, 2.24) is 5.32 Å². The topological polar surface area (TPSA) is 72.2 Å². The third kappa shape index (κ3) is 5.71. The Bertz CT molecular complexity index is 518. The van der Waals surface area contributed by atoms with Crippen LogP contribution in [0.2, 0.25) is 5.02 Å². The Labute approximate surface area is 129 Å². The summed E-state index contributed by atoms with van der Waals surface area (Å²) in [6.07, 6.45) is 2.97. The lowest BCUT2D eigenvalue weighted by Gasteiger charge is -2.14. The number of hydrogen-bond donors (Lipinski definition) is 1. The van der Waals surface area contributed by atoms with Gasteiger partial charge in [0.1, 0.15) is 5.56 Å². The van der Waals surface area contributed by atoms with E-state index in [4.69, 9.17) is 11.6 Å². The molecule has 0 bridgehead atoms. The number of carbonyl (C=O) groups is 1. The number of nitrogens with zero attached hydrogens (tertiary/aromatic N) is 1. The number of nitrogens with one attached hydrogen (secondary N) is 1. The molecule has 0 saturated carbocycles. The second-order valence-electron chi connectivity index (χ2n) is 5.62. The molecule has 1 amide bonds. The molecular weight excluding hydrogens is 292 g/mol. The largest absolute Gasteiger partial charge is 0.349 e. The predicted molar refractivity (Wildman–Crippen MR) is 83.7 cm³/mol. The Kier molecular flexibility index (Phi) is 6.62. The second-order valence-corrected chi connectivity index (χ2v) is 6.05. The van der Waals surface area contributed by atoms with Gasteiger partial charge in [-0.1, -0.05) is 38.3 Å². The first-order valence-corrected chi connectivity index (χ1v) is 7.44. The zero-order valence-corrected chi connectivity index (χ0v) is 13.3. The Morgan fingerprint density at radius 2 is 2.00 bits per heavy atom. The molecule has 1 rings (SSSR count). The van der Waals surface area contributed by atoms with Gasteiger partial charge in [-0.2, -0.15) is 0 Å². The van der Waals surface area contributed by atoms with Crippen molar-refractivity contribution in [3.05, 3.63) is 38.9 Å². The lowest BCUT2D eigenvalue weighted by molar-refractivity contribution is -0.385. The van der Waals surface area contributed by atoms with E-state index in [0.717, 1.165) is 19.3 Å². The van der Waals surface area contributed by atoms with Crippen molar-refractivity contribution in [2.75, 3.05) is 0 Å². The Morgan fingerprint density at radius 1 is 1.33 bits per heavy atom. The van der Waals surface area contributed by atoms with Crippen molar-refractivity contribution < 1.29 is 9.72 Å². The maximum absolute atomic E-state index is 12.1. The van der Waals surface area contributed by atoms with Crippen LogP contribution >= 0.6 is 11.6 Å². The molecule has 0 aromatic heterocycles. The molecule has 1 aromatic carbocycles. The monoisotopic (exact) mass is 312 g/mol. The fourth-order valence-electron chi connectivity index (χ4n) is 2.05. The van der Waals surface area contributed by atoms with Gasteiger partial charge in [-0.05, 0) is 31.4 Å². The van der Waals surface area contributed by atoms with Crippen LogP contribution in [0.15, 0.2) is 18.2 Å². The van der Waals surface area contributed by atoms with Crippen LogP contribution in [0.1, 0.15) is 50.4 Å². The molecular formula is C15H21ClN2O3. The molecule has 0 heterocycles. The summed E-state index contributed by atoms with van der Waals surface area (Å²) >= 11 is 5.73. The van der Waals surface area contributed by atoms with E-state index in [1.54, 1.807) is 0 Å². The molecule has 0 radical (unpaired) electrons. The van der Waals surface area contributed by atoms with Gasteiger partial charge in [-0.15, -0.1) is 0 Å². The van der Waals surface area contributed by atoms with Crippen LogP contribution in [0, 0.1) is 16.0 Å². The number of benzene rings is 1. The van der Waals surface area contributed by atoms with Crippen molar-refractivity contribution in [3.8, 4) is 0 Å². The first-order valence-electron chi connectivity index (χ1n) is 7.06. The molecule has 0 aliphatic carbocycles. The maximum atomic E-state index is 12.1. The average molecular weight is 313 g/mol. The summed E-state index contributed by atoms with van der Waals surface area (Å²) in [5.74, 6) is 0.195. The first kappa shape index (κ1) is 17.4. The summed E-state index contributed by atoms with van der Waals surface area (Å²) in [5.41, 5.74) is -0.227. The van der Waals surface area contributed by atoms with Crippen LogP contribution in [-0.2, 0) is 0 Å². The summed E-state index contributed by atoms with van der Waals surface area (Å²) in [6.45, 7) is 6.21. The zero-order chi connectivity index (χ0) is 16.0. The van der Waals surface area contributed by atoms with Crippen molar-refractivity contribution in [2.45, 2.75) is 46.1 Å². The van der Waals surface area contributed by atoms with Gasteiger partial charge in [0.25, 0.3) is 11.6 Å². The highest BCUT2D eigenvalue weighted by Crippen LogP contribution is 2.23. The SMILES string of the molecule is CC(C)CCCC(C)NC(=O)c1ccc(Cl)cc1[N+](=O)[O-]. The van der Waals surface area contributed by atoms with Gasteiger partial charge >= 0.3 is 0 Å². The lowest BCUT2D eigenvalue weighted by Crippen LogP contribution is -2.32. The van der Waals surface area contributed by atoms with Gasteiger partial charge in [-0.3, -0.25) is 14.9 Å². The molecule has 0 fully saturated rings. The van der Waals surface area contributed by atoms with E-state index in [1.165, 1.54) is 18.2 Å². The van der Waals surface area contributed by atoms with Gasteiger partial charge in [0.15, 0.2) is 0 Å². The smallest absolute Gasteiger partial charge is 0.283 e. The highest BCUT2D eigenvalue weighted by Gasteiger charge is 2.21. The van der Waals surface area contributed by atoms with E-state index < -0.39 is 10.8 Å².